The Hall–Kier alpha value is -2.70. The maximum atomic E-state index is 12.7. The van der Waals surface area contributed by atoms with E-state index in [-0.39, 0.29) is 24.7 Å². The molecule has 136 valence electrons. The number of hydrogen-bond acceptors (Lipinski definition) is 6. The third kappa shape index (κ3) is 3.76. The van der Waals surface area contributed by atoms with Crippen molar-refractivity contribution < 1.29 is 17.7 Å². The van der Waals surface area contributed by atoms with Crippen LogP contribution in [0.2, 0.25) is 0 Å². The van der Waals surface area contributed by atoms with Crippen molar-refractivity contribution in [2.24, 2.45) is 0 Å². The highest BCUT2D eigenvalue weighted by molar-refractivity contribution is 7.88. The zero-order chi connectivity index (χ0) is 18.7. The Bertz CT molecular complexity index is 940. The summed E-state index contributed by atoms with van der Waals surface area (Å²) < 4.78 is 30.9. The van der Waals surface area contributed by atoms with E-state index in [1.165, 1.54) is 16.6 Å². The molecule has 1 amide bonds. The molecule has 1 saturated heterocycles. The number of aromatic nitrogens is 1. The summed E-state index contributed by atoms with van der Waals surface area (Å²) in [5, 5.41) is 12.6. The molecule has 0 saturated carbocycles. The first kappa shape index (κ1) is 18.1. The number of carbonyl (C=O) groups excluding carboxylic acids is 1. The second-order valence-electron chi connectivity index (χ2n) is 6.08. The summed E-state index contributed by atoms with van der Waals surface area (Å²) in [6.45, 7) is 2.89. The number of benzene rings is 1. The molecule has 0 aliphatic carbocycles. The first-order valence-corrected chi connectivity index (χ1v) is 9.69. The highest BCUT2D eigenvalue weighted by atomic mass is 32.2. The topological polar surface area (TPSA) is 108 Å². The van der Waals surface area contributed by atoms with E-state index in [1.807, 2.05) is 6.07 Å². The van der Waals surface area contributed by atoms with Gasteiger partial charge in [0.2, 0.25) is 10.0 Å². The molecular weight excluding hydrogens is 356 g/mol. The van der Waals surface area contributed by atoms with Crippen LogP contribution in [0.25, 0.3) is 0 Å². The number of nitrogens with zero attached hydrogens (tertiary/aromatic N) is 4. The number of carbonyl (C=O) groups is 1. The fourth-order valence-electron chi connectivity index (χ4n) is 2.90. The Morgan fingerprint density at radius 1 is 1.27 bits per heavy atom. The molecule has 3 rings (SSSR count). The Kier molecular flexibility index (Phi) is 5.06. The molecule has 1 aromatic heterocycles. The van der Waals surface area contributed by atoms with Gasteiger partial charge in [-0.05, 0) is 30.7 Å². The van der Waals surface area contributed by atoms with Crippen molar-refractivity contribution >= 4 is 15.9 Å². The number of piperazine rings is 1. The molecule has 0 unspecified atom stereocenters. The number of nitriles is 1. The monoisotopic (exact) mass is 374 g/mol. The van der Waals surface area contributed by atoms with Crippen molar-refractivity contribution in [3.8, 4) is 6.07 Å². The van der Waals surface area contributed by atoms with Crippen molar-refractivity contribution in [1.82, 2.24) is 14.4 Å². The quantitative estimate of drug-likeness (QED) is 0.794. The lowest BCUT2D eigenvalue weighted by atomic mass is 10.0. The van der Waals surface area contributed by atoms with Crippen LogP contribution in [0.5, 0.6) is 0 Å². The van der Waals surface area contributed by atoms with Gasteiger partial charge in [0.1, 0.15) is 12.0 Å². The van der Waals surface area contributed by atoms with Gasteiger partial charge in [0.15, 0.2) is 0 Å². The highest BCUT2D eigenvalue weighted by Crippen LogP contribution is 2.17. The van der Waals surface area contributed by atoms with Crippen LogP contribution in [0.15, 0.2) is 35.1 Å². The van der Waals surface area contributed by atoms with E-state index in [0.29, 0.717) is 29.9 Å². The van der Waals surface area contributed by atoms with Crippen LogP contribution in [-0.4, -0.2) is 54.9 Å². The van der Waals surface area contributed by atoms with Crippen molar-refractivity contribution in [3.05, 3.63) is 52.9 Å². The van der Waals surface area contributed by atoms with Crippen LogP contribution in [0.4, 0.5) is 0 Å². The SMILES string of the molecule is Cc1cc(C#N)ccc1C(=O)N1CCN(S(=O)(=O)Cc2ccon2)CC1. The van der Waals surface area contributed by atoms with Gasteiger partial charge in [0.05, 0.1) is 17.3 Å². The largest absolute Gasteiger partial charge is 0.364 e. The second-order valence-corrected chi connectivity index (χ2v) is 8.05. The van der Waals surface area contributed by atoms with Crippen molar-refractivity contribution in [2.45, 2.75) is 12.7 Å². The van der Waals surface area contributed by atoms with Gasteiger partial charge in [-0.25, -0.2) is 8.42 Å². The van der Waals surface area contributed by atoms with Crippen LogP contribution >= 0.6 is 0 Å². The average molecular weight is 374 g/mol. The zero-order valence-electron chi connectivity index (χ0n) is 14.3. The number of hydrogen-bond donors (Lipinski definition) is 0. The molecule has 9 heteroatoms. The smallest absolute Gasteiger partial charge is 0.254 e. The average Bonchev–Trinajstić information content (AvgIpc) is 3.13. The summed E-state index contributed by atoms with van der Waals surface area (Å²) >= 11 is 0. The van der Waals surface area contributed by atoms with E-state index in [4.69, 9.17) is 5.26 Å². The van der Waals surface area contributed by atoms with Gasteiger partial charge in [-0.3, -0.25) is 4.79 Å². The molecule has 0 atom stereocenters. The number of sulfonamides is 1. The maximum absolute atomic E-state index is 12.7. The second kappa shape index (κ2) is 7.27. The molecule has 1 fully saturated rings. The highest BCUT2D eigenvalue weighted by Gasteiger charge is 2.30. The van der Waals surface area contributed by atoms with Gasteiger partial charge in [-0.15, -0.1) is 0 Å². The van der Waals surface area contributed by atoms with Gasteiger partial charge in [-0.2, -0.15) is 9.57 Å². The van der Waals surface area contributed by atoms with Gasteiger partial charge < -0.3 is 9.42 Å². The lowest BCUT2D eigenvalue weighted by molar-refractivity contribution is 0.0697. The normalized spacial score (nSPS) is 15.6. The van der Waals surface area contributed by atoms with Gasteiger partial charge in [-0.1, -0.05) is 5.16 Å². The number of amides is 1. The minimum absolute atomic E-state index is 0.152. The molecule has 1 aliphatic rings. The number of rotatable bonds is 4. The molecule has 0 N–H and O–H groups in total. The van der Waals surface area contributed by atoms with E-state index < -0.39 is 10.0 Å². The molecule has 8 nitrogen and oxygen atoms in total. The molecule has 1 aromatic carbocycles. The minimum Gasteiger partial charge on any atom is -0.364 e. The first-order valence-electron chi connectivity index (χ1n) is 8.08. The van der Waals surface area contributed by atoms with E-state index in [9.17, 15) is 13.2 Å². The summed E-state index contributed by atoms with van der Waals surface area (Å²) in [6, 6.07) is 8.49. The number of aryl methyl sites for hydroxylation is 1. The van der Waals surface area contributed by atoms with Crippen LogP contribution in [0.3, 0.4) is 0 Å². The molecule has 26 heavy (non-hydrogen) atoms. The molecule has 0 bridgehead atoms. The van der Waals surface area contributed by atoms with Crippen LogP contribution in [0, 0.1) is 18.3 Å². The summed E-state index contributed by atoms with van der Waals surface area (Å²) in [6.07, 6.45) is 1.33. The van der Waals surface area contributed by atoms with Crippen LogP contribution < -0.4 is 0 Å². The van der Waals surface area contributed by atoms with E-state index in [0.717, 1.165) is 5.56 Å². The molecule has 2 heterocycles. The molecule has 2 aromatic rings. The van der Waals surface area contributed by atoms with Gasteiger partial charge in [0.25, 0.3) is 5.91 Å². The lowest BCUT2D eigenvalue weighted by Gasteiger charge is -2.34. The maximum Gasteiger partial charge on any atom is 0.254 e. The van der Waals surface area contributed by atoms with Crippen molar-refractivity contribution in [1.29, 1.82) is 5.26 Å². The Labute approximate surface area is 151 Å². The Balaban J connectivity index is 1.65. The lowest BCUT2D eigenvalue weighted by Crippen LogP contribution is -2.50. The molecular formula is C17H18N4O4S. The third-order valence-corrected chi connectivity index (χ3v) is 6.14. The predicted octanol–water partition coefficient (Wildman–Crippen LogP) is 1.14. The van der Waals surface area contributed by atoms with E-state index in [2.05, 4.69) is 9.68 Å². The fraction of sp³-hybridized carbons (Fsp3) is 0.353. The summed E-state index contributed by atoms with van der Waals surface area (Å²) in [4.78, 5) is 14.3. The Morgan fingerprint density at radius 2 is 2.00 bits per heavy atom. The molecule has 1 aliphatic heterocycles. The molecule has 0 radical (unpaired) electrons. The van der Waals surface area contributed by atoms with Gasteiger partial charge in [0, 0.05) is 37.8 Å². The minimum atomic E-state index is -3.50. The van der Waals surface area contributed by atoms with Crippen molar-refractivity contribution in [2.75, 3.05) is 26.2 Å². The summed E-state index contributed by atoms with van der Waals surface area (Å²) in [5.41, 5.74) is 2.12. The Morgan fingerprint density at radius 3 is 2.58 bits per heavy atom. The predicted molar refractivity (Wildman–Crippen MR) is 92.5 cm³/mol. The van der Waals surface area contributed by atoms with Crippen molar-refractivity contribution in [3.63, 3.8) is 0 Å². The standard InChI is InChI=1S/C17H18N4O4S/c1-13-10-14(11-18)2-3-16(13)17(22)20-5-7-21(8-6-20)26(23,24)12-15-4-9-25-19-15/h2-4,9-10H,5-8,12H2,1H3. The third-order valence-electron chi connectivity index (χ3n) is 4.33. The van der Waals surface area contributed by atoms with Crippen LogP contribution in [-0.2, 0) is 15.8 Å². The zero-order valence-corrected chi connectivity index (χ0v) is 15.1. The fourth-order valence-corrected chi connectivity index (χ4v) is 4.33. The van der Waals surface area contributed by atoms with E-state index in [1.54, 1.807) is 30.0 Å². The molecule has 0 spiro atoms. The summed E-state index contributed by atoms with van der Waals surface area (Å²) in [7, 11) is -3.50. The summed E-state index contributed by atoms with van der Waals surface area (Å²) in [5.74, 6) is -0.368. The van der Waals surface area contributed by atoms with E-state index >= 15 is 0 Å². The van der Waals surface area contributed by atoms with Crippen LogP contribution in [0.1, 0.15) is 27.2 Å². The van der Waals surface area contributed by atoms with Gasteiger partial charge >= 0.3 is 0 Å². The first-order chi connectivity index (χ1) is 12.4.